The summed E-state index contributed by atoms with van der Waals surface area (Å²) in [6, 6.07) is 0. The summed E-state index contributed by atoms with van der Waals surface area (Å²) in [7, 11) is 3.50. The zero-order chi connectivity index (χ0) is 15.2. The lowest BCUT2D eigenvalue weighted by atomic mass is 10.4. The molecule has 0 unspecified atom stereocenters. The molecule has 0 radical (unpaired) electrons. The molecule has 0 bridgehead atoms. The van der Waals surface area contributed by atoms with E-state index in [1.54, 1.807) is 7.11 Å². The summed E-state index contributed by atoms with van der Waals surface area (Å²) in [5.74, 6) is 0.883. The largest absolute Gasteiger partial charge is 0.382 e. The zero-order valence-electron chi connectivity index (χ0n) is 13.7. The average molecular weight is 300 g/mol. The molecule has 1 saturated heterocycles. The van der Waals surface area contributed by atoms with Crippen LogP contribution in [0.1, 0.15) is 25.7 Å². The maximum atomic E-state index is 5.41. The standard InChI is InChI=1S/C15H32N4O2/c1-16-15(18-8-6-12-21-14-13-20-2)17-7-5-11-19-9-3-4-10-19/h3-14H2,1-2H3,(H2,16,17,18). The molecule has 1 aliphatic heterocycles. The third-order valence-corrected chi connectivity index (χ3v) is 3.56. The molecule has 124 valence electrons. The van der Waals surface area contributed by atoms with Gasteiger partial charge in [0.15, 0.2) is 5.96 Å². The second-order valence-corrected chi connectivity index (χ2v) is 5.29. The zero-order valence-corrected chi connectivity index (χ0v) is 13.7. The molecule has 0 spiro atoms. The third-order valence-electron chi connectivity index (χ3n) is 3.56. The number of hydrogen-bond acceptors (Lipinski definition) is 4. The normalized spacial score (nSPS) is 16.4. The van der Waals surface area contributed by atoms with Crippen LogP contribution >= 0.6 is 0 Å². The Labute approximate surface area is 129 Å². The predicted molar refractivity (Wildman–Crippen MR) is 87.0 cm³/mol. The Kier molecular flexibility index (Phi) is 11.1. The molecule has 0 aromatic rings. The lowest BCUT2D eigenvalue weighted by Gasteiger charge is -2.16. The first-order valence-electron chi connectivity index (χ1n) is 8.10. The van der Waals surface area contributed by atoms with E-state index in [1.807, 2.05) is 7.05 Å². The summed E-state index contributed by atoms with van der Waals surface area (Å²) in [5.41, 5.74) is 0. The number of guanidine groups is 1. The summed E-state index contributed by atoms with van der Waals surface area (Å²) in [4.78, 5) is 6.76. The van der Waals surface area contributed by atoms with Gasteiger partial charge in [0.05, 0.1) is 13.2 Å². The van der Waals surface area contributed by atoms with Crippen molar-refractivity contribution < 1.29 is 9.47 Å². The Morgan fingerprint density at radius 3 is 2.43 bits per heavy atom. The molecule has 2 N–H and O–H groups in total. The molecule has 1 heterocycles. The quantitative estimate of drug-likeness (QED) is 0.334. The number of aliphatic imine (C=N–C) groups is 1. The van der Waals surface area contributed by atoms with E-state index >= 15 is 0 Å². The molecule has 0 amide bonds. The van der Waals surface area contributed by atoms with Crippen molar-refractivity contribution in [3.05, 3.63) is 0 Å². The van der Waals surface area contributed by atoms with E-state index in [2.05, 4.69) is 20.5 Å². The minimum absolute atomic E-state index is 0.660. The summed E-state index contributed by atoms with van der Waals surface area (Å²) in [6.45, 7) is 7.67. The molecule has 1 rings (SSSR count). The summed E-state index contributed by atoms with van der Waals surface area (Å²) >= 11 is 0. The number of likely N-dealkylation sites (tertiary alicyclic amines) is 1. The number of rotatable bonds is 11. The molecule has 6 heteroatoms. The smallest absolute Gasteiger partial charge is 0.190 e. The van der Waals surface area contributed by atoms with Crippen molar-refractivity contribution in [2.24, 2.45) is 4.99 Å². The summed E-state index contributed by atoms with van der Waals surface area (Å²) in [5, 5.41) is 6.66. The highest BCUT2D eigenvalue weighted by Gasteiger charge is 2.10. The van der Waals surface area contributed by atoms with E-state index < -0.39 is 0 Å². The number of nitrogens with zero attached hydrogens (tertiary/aromatic N) is 2. The highest BCUT2D eigenvalue weighted by atomic mass is 16.5. The molecule has 1 aliphatic rings. The van der Waals surface area contributed by atoms with Crippen molar-refractivity contribution in [3.8, 4) is 0 Å². The van der Waals surface area contributed by atoms with Gasteiger partial charge in [0.25, 0.3) is 0 Å². The van der Waals surface area contributed by atoms with Crippen LogP contribution in [0.4, 0.5) is 0 Å². The summed E-state index contributed by atoms with van der Waals surface area (Å²) in [6.07, 6.45) is 4.87. The molecule has 21 heavy (non-hydrogen) atoms. The van der Waals surface area contributed by atoms with Gasteiger partial charge in [-0.15, -0.1) is 0 Å². The van der Waals surface area contributed by atoms with Crippen LogP contribution in [0.3, 0.4) is 0 Å². The Morgan fingerprint density at radius 2 is 1.76 bits per heavy atom. The highest BCUT2D eigenvalue weighted by Crippen LogP contribution is 2.06. The molecular weight excluding hydrogens is 268 g/mol. The van der Waals surface area contributed by atoms with Crippen molar-refractivity contribution in [2.45, 2.75) is 25.7 Å². The average Bonchev–Trinajstić information content (AvgIpc) is 3.01. The maximum Gasteiger partial charge on any atom is 0.190 e. The van der Waals surface area contributed by atoms with Gasteiger partial charge in [0, 0.05) is 33.9 Å². The lowest BCUT2D eigenvalue weighted by molar-refractivity contribution is 0.0698. The fraction of sp³-hybridized carbons (Fsp3) is 0.933. The van der Waals surface area contributed by atoms with Crippen LogP contribution in [-0.2, 0) is 9.47 Å². The highest BCUT2D eigenvalue weighted by molar-refractivity contribution is 5.79. The van der Waals surface area contributed by atoms with Crippen LogP contribution in [0.2, 0.25) is 0 Å². The Bertz CT molecular complexity index is 268. The summed E-state index contributed by atoms with van der Waals surface area (Å²) < 4.78 is 10.3. The van der Waals surface area contributed by atoms with Gasteiger partial charge in [-0.1, -0.05) is 0 Å². The van der Waals surface area contributed by atoms with Crippen LogP contribution in [0.25, 0.3) is 0 Å². The van der Waals surface area contributed by atoms with Crippen LogP contribution in [0.5, 0.6) is 0 Å². The van der Waals surface area contributed by atoms with E-state index in [0.717, 1.165) is 32.1 Å². The Balaban J connectivity index is 1.91. The predicted octanol–water partition coefficient (Wildman–Crippen LogP) is 0.690. The van der Waals surface area contributed by atoms with Crippen molar-refractivity contribution in [1.29, 1.82) is 0 Å². The monoisotopic (exact) mass is 300 g/mol. The van der Waals surface area contributed by atoms with Crippen molar-refractivity contribution in [3.63, 3.8) is 0 Å². The second kappa shape index (κ2) is 12.9. The first-order valence-corrected chi connectivity index (χ1v) is 8.10. The van der Waals surface area contributed by atoms with Gasteiger partial charge in [0.2, 0.25) is 0 Å². The first-order chi connectivity index (χ1) is 10.4. The Hall–Kier alpha value is -0.850. The minimum Gasteiger partial charge on any atom is -0.382 e. The van der Waals surface area contributed by atoms with Gasteiger partial charge in [-0.05, 0) is 45.3 Å². The third kappa shape index (κ3) is 9.66. The molecular formula is C15H32N4O2. The molecule has 6 nitrogen and oxygen atoms in total. The van der Waals surface area contributed by atoms with Crippen LogP contribution in [0.15, 0.2) is 4.99 Å². The Morgan fingerprint density at radius 1 is 1.05 bits per heavy atom. The molecule has 0 aromatic carbocycles. The SMILES string of the molecule is CN=C(NCCCOCCOC)NCCCN1CCCC1. The fourth-order valence-corrected chi connectivity index (χ4v) is 2.36. The van der Waals surface area contributed by atoms with Gasteiger partial charge < -0.3 is 25.0 Å². The van der Waals surface area contributed by atoms with Gasteiger partial charge in [-0.25, -0.2) is 0 Å². The topological polar surface area (TPSA) is 58.1 Å². The number of nitrogens with one attached hydrogen (secondary N) is 2. The molecule has 0 saturated carbocycles. The van der Waals surface area contributed by atoms with Crippen molar-refractivity contribution in [1.82, 2.24) is 15.5 Å². The second-order valence-electron chi connectivity index (χ2n) is 5.29. The number of methoxy groups -OCH3 is 1. The maximum absolute atomic E-state index is 5.41. The molecule has 0 aromatic heterocycles. The van der Waals surface area contributed by atoms with Gasteiger partial charge in [-0.2, -0.15) is 0 Å². The van der Waals surface area contributed by atoms with Crippen LogP contribution < -0.4 is 10.6 Å². The van der Waals surface area contributed by atoms with Crippen molar-refractivity contribution >= 4 is 5.96 Å². The molecule has 0 aliphatic carbocycles. The van der Waals surface area contributed by atoms with Crippen molar-refractivity contribution in [2.75, 3.05) is 66.7 Å². The van der Waals surface area contributed by atoms with Gasteiger partial charge in [-0.3, -0.25) is 4.99 Å². The van der Waals surface area contributed by atoms with E-state index in [9.17, 15) is 0 Å². The van der Waals surface area contributed by atoms with Gasteiger partial charge >= 0.3 is 0 Å². The van der Waals surface area contributed by atoms with E-state index in [4.69, 9.17) is 9.47 Å². The van der Waals surface area contributed by atoms with E-state index in [-0.39, 0.29) is 0 Å². The van der Waals surface area contributed by atoms with E-state index in [0.29, 0.717) is 13.2 Å². The minimum atomic E-state index is 0.660. The fourth-order valence-electron chi connectivity index (χ4n) is 2.36. The number of ether oxygens (including phenoxy) is 2. The van der Waals surface area contributed by atoms with Crippen LogP contribution in [-0.4, -0.2) is 77.6 Å². The first kappa shape index (κ1) is 18.2. The molecule has 1 fully saturated rings. The van der Waals surface area contributed by atoms with Crippen LogP contribution in [0, 0.1) is 0 Å². The van der Waals surface area contributed by atoms with E-state index in [1.165, 1.54) is 38.9 Å². The number of hydrogen-bond donors (Lipinski definition) is 2. The lowest BCUT2D eigenvalue weighted by Crippen LogP contribution is -2.39. The van der Waals surface area contributed by atoms with Gasteiger partial charge in [0.1, 0.15) is 0 Å². The molecule has 0 atom stereocenters.